The highest BCUT2D eigenvalue weighted by atomic mass is 32.2. The van der Waals surface area contributed by atoms with E-state index >= 15 is 0 Å². The molecule has 0 N–H and O–H groups in total. The van der Waals surface area contributed by atoms with Gasteiger partial charge in [0.1, 0.15) is 0 Å². The molecule has 3 aromatic rings. The molecule has 0 saturated heterocycles. The van der Waals surface area contributed by atoms with Crippen LogP contribution in [0.4, 0.5) is 10.4 Å². The zero-order valence-corrected chi connectivity index (χ0v) is 17.1. The van der Waals surface area contributed by atoms with E-state index in [0.29, 0.717) is 28.3 Å². The second-order valence-electron chi connectivity index (χ2n) is 7.21. The summed E-state index contributed by atoms with van der Waals surface area (Å²) < 4.78 is 45.4. The molecule has 28 heavy (non-hydrogen) atoms. The third-order valence-corrected chi connectivity index (χ3v) is 6.08. The maximum absolute atomic E-state index is 14.9. The van der Waals surface area contributed by atoms with Gasteiger partial charge in [0.25, 0.3) is 15.9 Å². The minimum atomic E-state index is -4.48. The van der Waals surface area contributed by atoms with Crippen molar-refractivity contribution < 1.29 is 17.4 Å². The van der Waals surface area contributed by atoms with E-state index in [4.69, 9.17) is 4.52 Å². The smallest absolute Gasteiger partial charge is 0.294 e. The molecule has 0 atom stereocenters. The number of rotatable bonds is 6. The molecule has 0 bridgehead atoms. The van der Waals surface area contributed by atoms with Crippen LogP contribution in [0.2, 0.25) is 0 Å². The Bertz CT molecular complexity index is 1070. The van der Waals surface area contributed by atoms with Crippen LogP contribution in [0.5, 0.6) is 0 Å². The third-order valence-electron chi connectivity index (χ3n) is 4.58. The van der Waals surface area contributed by atoms with Crippen LogP contribution in [0, 0.1) is 19.8 Å². The fourth-order valence-corrected chi connectivity index (χ4v) is 4.26. The van der Waals surface area contributed by atoms with E-state index in [1.165, 1.54) is 11.6 Å². The van der Waals surface area contributed by atoms with E-state index in [1.54, 1.807) is 32.0 Å². The number of benzene rings is 2. The Morgan fingerprint density at radius 2 is 1.71 bits per heavy atom. The molecule has 3 rings (SSSR count). The molecule has 2 aromatic carbocycles. The van der Waals surface area contributed by atoms with Crippen molar-refractivity contribution in [1.29, 1.82) is 0 Å². The predicted octanol–water partition coefficient (Wildman–Crippen LogP) is 5.24. The van der Waals surface area contributed by atoms with E-state index in [2.05, 4.69) is 19.0 Å². The SMILES string of the molecule is Cc1noc(N(F)S(=O)(=O)c2ccccc2-c2ccc(CC(C)C)cc2)c1C. The van der Waals surface area contributed by atoms with E-state index in [1.807, 2.05) is 24.3 Å². The van der Waals surface area contributed by atoms with Crippen LogP contribution in [0.25, 0.3) is 11.1 Å². The van der Waals surface area contributed by atoms with Crippen LogP contribution in [-0.2, 0) is 16.4 Å². The lowest BCUT2D eigenvalue weighted by molar-refractivity contribution is 0.378. The number of nitrogens with zero attached hydrogens (tertiary/aromatic N) is 2. The highest BCUT2D eigenvalue weighted by Gasteiger charge is 2.32. The molecule has 0 amide bonds. The number of aryl methyl sites for hydroxylation is 1. The summed E-state index contributed by atoms with van der Waals surface area (Å²) in [4.78, 5) is -0.137. The van der Waals surface area contributed by atoms with Crippen molar-refractivity contribution in [3.8, 4) is 11.1 Å². The Morgan fingerprint density at radius 1 is 1.07 bits per heavy atom. The zero-order valence-electron chi connectivity index (χ0n) is 16.3. The van der Waals surface area contributed by atoms with Crippen LogP contribution in [0.3, 0.4) is 0 Å². The minimum absolute atomic E-state index is 0.137. The molecule has 7 heteroatoms. The van der Waals surface area contributed by atoms with Gasteiger partial charge in [-0.2, -0.15) is 8.42 Å². The van der Waals surface area contributed by atoms with E-state index in [0.717, 1.165) is 6.42 Å². The first-order valence-electron chi connectivity index (χ1n) is 9.04. The lowest BCUT2D eigenvalue weighted by atomic mass is 9.99. The molecule has 0 aliphatic heterocycles. The van der Waals surface area contributed by atoms with Crippen molar-refractivity contribution in [1.82, 2.24) is 5.16 Å². The maximum Gasteiger partial charge on any atom is 0.294 e. The Balaban J connectivity index is 2.03. The number of aromatic nitrogens is 1. The monoisotopic (exact) mass is 402 g/mol. The molecule has 0 radical (unpaired) electrons. The highest BCUT2D eigenvalue weighted by Crippen LogP contribution is 2.34. The second-order valence-corrected chi connectivity index (χ2v) is 8.92. The first-order valence-corrected chi connectivity index (χ1v) is 10.5. The summed E-state index contributed by atoms with van der Waals surface area (Å²) in [7, 11) is -4.48. The normalized spacial score (nSPS) is 11.8. The van der Waals surface area contributed by atoms with Crippen LogP contribution in [-0.4, -0.2) is 13.6 Å². The van der Waals surface area contributed by atoms with Crippen LogP contribution in [0.1, 0.15) is 30.7 Å². The van der Waals surface area contributed by atoms with Gasteiger partial charge in [0.2, 0.25) is 0 Å². The Kier molecular flexibility index (Phi) is 5.56. The Morgan fingerprint density at radius 3 is 2.29 bits per heavy atom. The summed E-state index contributed by atoms with van der Waals surface area (Å²) in [6.07, 6.45) is 0.933. The number of anilines is 1. The van der Waals surface area contributed by atoms with Crippen molar-refractivity contribution >= 4 is 15.9 Å². The first-order chi connectivity index (χ1) is 13.2. The predicted molar refractivity (Wildman–Crippen MR) is 107 cm³/mol. The molecule has 0 unspecified atom stereocenters. The topological polar surface area (TPSA) is 63.4 Å². The highest BCUT2D eigenvalue weighted by molar-refractivity contribution is 7.92. The van der Waals surface area contributed by atoms with Crippen molar-refractivity contribution in [2.75, 3.05) is 4.53 Å². The Labute approximate surface area is 164 Å². The fourth-order valence-electron chi connectivity index (χ4n) is 2.98. The molecular formula is C21H23FN2O3S. The minimum Gasteiger partial charge on any atom is -0.334 e. The molecule has 1 aromatic heterocycles. The molecule has 5 nitrogen and oxygen atoms in total. The summed E-state index contributed by atoms with van der Waals surface area (Å²) >= 11 is 0. The van der Waals surface area contributed by atoms with Gasteiger partial charge >= 0.3 is 0 Å². The van der Waals surface area contributed by atoms with E-state index in [-0.39, 0.29) is 9.42 Å². The van der Waals surface area contributed by atoms with Crippen LogP contribution >= 0.6 is 0 Å². The van der Waals surface area contributed by atoms with Gasteiger partial charge in [0.15, 0.2) is 0 Å². The molecular weight excluding hydrogens is 379 g/mol. The van der Waals surface area contributed by atoms with Gasteiger partial charge in [-0.05, 0) is 43.4 Å². The van der Waals surface area contributed by atoms with Crippen molar-refractivity contribution in [3.05, 3.63) is 65.4 Å². The number of halogens is 1. The lowest BCUT2D eigenvalue weighted by Crippen LogP contribution is -2.23. The fraction of sp³-hybridized carbons (Fsp3) is 0.286. The third kappa shape index (κ3) is 3.80. The molecule has 0 aliphatic rings. The first kappa shape index (κ1) is 20.1. The van der Waals surface area contributed by atoms with Crippen molar-refractivity contribution in [2.24, 2.45) is 5.92 Å². The summed E-state index contributed by atoms with van der Waals surface area (Å²) in [5.74, 6) is 0.0896. The molecule has 0 aliphatic carbocycles. The largest absolute Gasteiger partial charge is 0.334 e. The molecule has 148 valence electrons. The summed E-state index contributed by atoms with van der Waals surface area (Å²) in [5, 5.41) is 3.64. The van der Waals surface area contributed by atoms with Crippen molar-refractivity contribution in [3.63, 3.8) is 0 Å². The number of hydrogen-bond acceptors (Lipinski definition) is 4. The average molecular weight is 402 g/mol. The van der Waals surface area contributed by atoms with E-state index < -0.39 is 15.9 Å². The van der Waals surface area contributed by atoms with Crippen molar-refractivity contribution in [2.45, 2.75) is 39.0 Å². The van der Waals surface area contributed by atoms with Gasteiger partial charge in [-0.1, -0.05) is 70.5 Å². The van der Waals surface area contributed by atoms with Gasteiger partial charge in [0.05, 0.1) is 10.6 Å². The summed E-state index contributed by atoms with van der Waals surface area (Å²) in [6.45, 7) is 7.45. The maximum atomic E-state index is 14.9. The molecule has 0 saturated carbocycles. The van der Waals surface area contributed by atoms with Crippen LogP contribution in [0.15, 0.2) is 57.9 Å². The zero-order chi connectivity index (χ0) is 20.5. The standard InChI is InChI=1S/C21H23FN2O3S/c1-14(2)13-17-9-11-18(12-10-17)19-7-5-6-8-20(19)28(25,26)24(22)21-15(3)16(4)23-27-21/h5-12,14H,13H2,1-4H3. The van der Waals surface area contributed by atoms with Gasteiger partial charge in [-0.25, -0.2) is 0 Å². The van der Waals surface area contributed by atoms with Gasteiger partial charge < -0.3 is 4.52 Å². The quantitative estimate of drug-likeness (QED) is 0.529. The molecule has 1 heterocycles. The molecule has 0 fully saturated rings. The van der Waals surface area contributed by atoms with Crippen LogP contribution < -0.4 is 4.53 Å². The number of hydrogen-bond donors (Lipinski definition) is 0. The summed E-state index contributed by atoms with van der Waals surface area (Å²) in [5.41, 5.74) is 3.06. The molecule has 0 spiro atoms. The van der Waals surface area contributed by atoms with Gasteiger partial charge in [-0.3, -0.25) is 0 Å². The van der Waals surface area contributed by atoms with Gasteiger partial charge in [0, 0.05) is 11.1 Å². The van der Waals surface area contributed by atoms with E-state index in [9.17, 15) is 12.9 Å². The average Bonchev–Trinajstić information content (AvgIpc) is 3.00. The number of sulfonamides is 1. The lowest BCUT2D eigenvalue weighted by Gasteiger charge is -2.15. The second kappa shape index (κ2) is 7.75. The van der Waals surface area contributed by atoms with Gasteiger partial charge in [-0.15, -0.1) is 0 Å². The summed E-state index contributed by atoms with van der Waals surface area (Å²) in [6, 6.07) is 14.0. The Hall–Kier alpha value is -2.67.